The van der Waals surface area contributed by atoms with Crippen molar-refractivity contribution in [3.8, 4) is 5.75 Å². The third-order valence-electron chi connectivity index (χ3n) is 2.28. The van der Waals surface area contributed by atoms with Crippen molar-refractivity contribution >= 4 is 0 Å². The van der Waals surface area contributed by atoms with Gasteiger partial charge in [0.15, 0.2) is 0 Å². The van der Waals surface area contributed by atoms with Crippen LogP contribution in [0, 0.1) is 6.92 Å². The topological polar surface area (TPSA) is 23.3 Å². The maximum Gasteiger partial charge on any atom is 0.121 e. The van der Waals surface area contributed by atoms with E-state index >= 15 is 0 Å². The lowest BCUT2D eigenvalue weighted by atomic mass is 10.1. The minimum atomic E-state index is 0.853. The van der Waals surface area contributed by atoms with Crippen molar-refractivity contribution in [1.82, 2.24) is 0 Å². The third kappa shape index (κ3) is 1.08. The number of nitrogens with zero attached hydrogens (tertiary/aromatic N) is 1. The molecular formula is C10H12NO-. The highest BCUT2D eigenvalue weighted by atomic mass is 16.5. The SMILES string of the molecule is COc1cc2c(cc1C)C[N-]C2. The van der Waals surface area contributed by atoms with Gasteiger partial charge in [-0.2, -0.15) is 0 Å². The van der Waals surface area contributed by atoms with Gasteiger partial charge >= 0.3 is 0 Å². The fourth-order valence-electron chi connectivity index (χ4n) is 1.60. The van der Waals surface area contributed by atoms with Gasteiger partial charge in [0, 0.05) is 0 Å². The fraction of sp³-hybridized carbons (Fsp3) is 0.400. The van der Waals surface area contributed by atoms with E-state index in [0.29, 0.717) is 0 Å². The molecule has 2 nitrogen and oxygen atoms in total. The highest BCUT2D eigenvalue weighted by Crippen LogP contribution is 2.30. The number of ether oxygens (including phenoxy) is 1. The molecule has 0 fully saturated rings. The van der Waals surface area contributed by atoms with Crippen LogP contribution < -0.4 is 4.74 Å². The maximum absolute atomic E-state index is 5.23. The molecule has 1 aliphatic rings. The fourth-order valence-corrected chi connectivity index (χ4v) is 1.60. The van der Waals surface area contributed by atoms with E-state index in [1.807, 2.05) is 0 Å². The summed E-state index contributed by atoms with van der Waals surface area (Å²) in [5, 5.41) is 4.31. The van der Waals surface area contributed by atoms with Gasteiger partial charge in [-0.05, 0) is 18.6 Å². The average molecular weight is 162 g/mol. The first-order valence-electron chi connectivity index (χ1n) is 4.11. The van der Waals surface area contributed by atoms with Crippen molar-refractivity contribution in [3.63, 3.8) is 0 Å². The Morgan fingerprint density at radius 3 is 2.58 bits per heavy atom. The highest BCUT2D eigenvalue weighted by molar-refractivity contribution is 5.46. The molecule has 0 bridgehead atoms. The summed E-state index contributed by atoms with van der Waals surface area (Å²) in [5.41, 5.74) is 3.87. The first-order chi connectivity index (χ1) is 5.81. The molecule has 2 heteroatoms. The Morgan fingerprint density at radius 1 is 1.25 bits per heavy atom. The monoisotopic (exact) mass is 162 g/mol. The van der Waals surface area contributed by atoms with E-state index < -0.39 is 0 Å². The van der Waals surface area contributed by atoms with Crippen LogP contribution in [0.2, 0.25) is 0 Å². The second-order valence-electron chi connectivity index (χ2n) is 3.13. The normalized spacial score (nSPS) is 14.5. The zero-order chi connectivity index (χ0) is 8.55. The zero-order valence-corrected chi connectivity index (χ0v) is 7.42. The Morgan fingerprint density at radius 2 is 1.92 bits per heavy atom. The van der Waals surface area contributed by atoms with Gasteiger partial charge in [-0.3, -0.25) is 0 Å². The number of methoxy groups -OCH3 is 1. The lowest BCUT2D eigenvalue weighted by Gasteiger charge is -2.08. The molecule has 0 unspecified atom stereocenters. The molecule has 12 heavy (non-hydrogen) atoms. The maximum atomic E-state index is 5.23. The summed E-state index contributed by atoms with van der Waals surface area (Å²) in [4.78, 5) is 0. The molecule has 1 aromatic carbocycles. The minimum Gasteiger partial charge on any atom is -0.655 e. The summed E-state index contributed by atoms with van der Waals surface area (Å²) < 4.78 is 5.23. The molecule has 0 aromatic heterocycles. The zero-order valence-electron chi connectivity index (χ0n) is 7.42. The summed E-state index contributed by atoms with van der Waals surface area (Å²) in [5.74, 6) is 0.978. The molecule has 0 aliphatic carbocycles. The molecule has 0 N–H and O–H groups in total. The Bertz CT molecular complexity index is 306. The number of fused-ring (bicyclic) bond motifs is 1. The van der Waals surface area contributed by atoms with Gasteiger partial charge in [0.25, 0.3) is 0 Å². The van der Waals surface area contributed by atoms with Crippen molar-refractivity contribution in [1.29, 1.82) is 0 Å². The summed E-state index contributed by atoms with van der Waals surface area (Å²) in [6.45, 7) is 3.80. The van der Waals surface area contributed by atoms with E-state index in [1.54, 1.807) is 7.11 Å². The van der Waals surface area contributed by atoms with E-state index in [9.17, 15) is 0 Å². The molecule has 0 radical (unpaired) electrons. The minimum absolute atomic E-state index is 0.853. The molecule has 0 amide bonds. The Balaban J connectivity index is 2.49. The van der Waals surface area contributed by atoms with E-state index in [2.05, 4.69) is 24.4 Å². The van der Waals surface area contributed by atoms with Crippen LogP contribution in [0.4, 0.5) is 0 Å². The van der Waals surface area contributed by atoms with Crippen LogP contribution in [-0.4, -0.2) is 7.11 Å². The number of benzene rings is 1. The molecule has 0 saturated heterocycles. The smallest absolute Gasteiger partial charge is 0.121 e. The second kappa shape index (κ2) is 2.79. The number of hydrogen-bond acceptors (Lipinski definition) is 1. The average Bonchev–Trinajstić information content (AvgIpc) is 2.49. The van der Waals surface area contributed by atoms with Gasteiger partial charge in [-0.1, -0.05) is 17.2 Å². The van der Waals surface area contributed by atoms with Crippen LogP contribution in [-0.2, 0) is 13.1 Å². The van der Waals surface area contributed by atoms with Crippen molar-refractivity contribution in [3.05, 3.63) is 34.1 Å². The van der Waals surface area contributed by atoms with Crippen LogP contribution in [0.3, 0.4) is 0 Å². The third-order valence-corrected chi connectivity index (χ3v) is 2.28. The lowest BCUT2D eigenvalue weighted by molar-refractivity contribution is 0.411. The van der Waals surface area contributed by atoms with Crippen LogP contribution in [0.15, 0.2) is 12.1 Å². The quantitative estimate of drug-likeness (QED) is 0.621. The molecule has 1 heterocycles. The van der Waals surface area contributed by atoms with Crippen molar-refractivity contribution < 1.29 is 4.74 Å². The van der Waals surface area contributed by atoms with Gasteiger partial charge in [0.2, 0.25) is 0 Å². The molecule has 0 atom stereocenters. The Hall–Kier alpha value is -1.02. The first-order valence-corrected chi connectivity index (χ1v) is 4.11. The molecule has 2 rings (SSSR count). The Labute approximate surface area is 72.5 Å². The van der Waals surface area contributed by atoms with Crippen molar-refractivity contribution in [2.75, 3.05) is 7.11 Å². The summed E-state index contributed by atoms with van der Waals surface area (Å²) in [6.07, 6.45) is 0. The number of hydrogen-bond donors (Lipinski definition) is 0. The predicted molar refractivity (Wildman–Crippen MR) is 48.5 cm³/mol. The van der Waals surface area contributed by atoms with E-state index in [4.69, 9.17) is 4.74 Å². The van der Waals surface area contributed by atoms with E-state index in [0.717, 1.165) is 18.8 Å². The highest BCUT2D eigenvalue weighted by Gasteiger charge is 2.06. The standard InChI is InChI=1S/C10H12NO/c1-7-3-8-5-11-6-9(8)4-10(7)12-2/h3-4H,5-6H2,1-2H3/q-1. The first kappa shape index (κ1) is 7.62. The predicted octanol–water partition coefficient (Wildman–Crippen LogP) is 2.39. The summed E-state index contributed by atoms with van der Waals surface area (Å²) in [7, 11) is 1.71. The summed E-state index contributed by atoms with van der Waals surface area (Å²) in [6, 6.07) is 4.27. The van der Waals surface area contributed by atoms with Gasteiger partial charge in [0.1, 0.15) is 5.75 Å². The summed E-state index contributed by atoms with van der Waals surface area (Å²) >= 11 is 0. The van der Waals surface area contributed by atoms with Crippen molar-refractivity contribution in [2.24, 2.45) is 0 Å². The van der Waals surface area contributed by atoms with Crippen LogP contribution in [0.5, 0.6) is 5.75 Å². The second-order valence-corrected chi connectivity index (χ2v) is 3.13. The van der Waals surface area contributed by atoms with Crippen LogP contribution in [0.25, 0.3) is 5.32 Å². The Kier molecular flexibility index (Phi) is 1.77. The van der Waals surface area contributed by atoms with E-state index in [1.165, 1.54) is 16.7 Å². The van der Waals surface area contributed by atoms with Gasteiger partial charge < -0.3 is 10.1 Å². The number of rotatable bonds is 1. The van der Waals surface area contributed by atoms with E-state index in [-0.39, 0.29) is 0 Å². The molecular weight excluding hydrogens is 150 g/mol. The molecule has 1 aliphatic heterocycles. The number of aryl methyl sites for hydroxylation is 1. The van der Waals surface area contributed by atoms with Crippen molar-refractivity contribution in [2.45, 2.75) is 20.0 Å². The molecule has 64 valence electrons. The molecule has 1 aromatic rings. The molecule has 0 spiro atoms. The lowest BCUT2D eigenvalue weighted by Crippen LogP contribution is -1.90. The van der Waals surface area contributed by atoms with Crippen LogP contribution >= 0.6 is 0 Å². The van der Waals surface area contributed by atoms with Gasteiger partial charge in [-0.25, -0.2) is 0 Å². The largest absolute Gasteiger partial charge is 0.655 e. The van der Waals surface area contributed by atoms with Gasteiger partial charge in [-0.15, -0.1) is 13.1 Å². The van der Waals surface area contributed by atoms with Gasteiger partial charge in [0.05, 0.1) is 7.11 Å². The van der Waals surface area contributed by atoms with Crippen LogP contribution in [0.1, 0.15) is 16.7 Å². The molecule has 0 saturated carbocycles.